The standard InChI is InChI=1S/C24H22N6O3/c1-32-13-17(31)8-20(25)22-28-27-21-18-4-2-3-5-19(18)23(29-30(21)22)33-12-16-7-6-14(11-26-16)24-9-15(24)10-24/h2-8,11,15,25,31H,9-10,12-13H2,1H3/b17-8-,25-20?. The van der Waals surface area contributed by atoms with Crippen LogP contribution in [0, 0.1) is 11.3 Å². The van der Waals surface area contributed by atoms with E-state index in [1.165, 1.54) is 36.1 Å². The van der Waals surface area contributed by atoms with Crippen LogP contribution in [0.2, 0.25) is 0 Å². The molecule has 6 rings (SSSR count). The van der Waals surface area contributed by atoms with Gasteiger partial charge in [0.25, 0.3) is 0 Å². The van der Waals surface area contributed by atoms with Crippen molar-refractivity contribution in [2.75, 3.05) is 13.7 Å². The Balaban J connectivity index is 1.32. The van der Waals surface area contributed by atoms with E-state index in [-0.39, 0.29) is 30.5 Å². The van der Waals surface area contributed by atoms with Gasteiger partial charge in [0.2, 0.25) is 11.7 Å². The fourth-order valence-corrected chi connectivity index (χ4v) is 4.37. The number of nitrogens with one attached hydrogen (secondary N) is 1. The van der Waals surface area contributed by atoms with E-state index in [2.05, 4.69) is 26.3 Å². The summed E-state index contributed by atoms with van der Waals surface area (Å²) in [7, 11) is 1.47. The molecule has 0 spiro atoms. The number of ether oxygens (including phenoxy) is 2. The first-order valence-electron chi connectivity index (χ1n) is 10.8. The zero-order valence-electron chi connectivity index (χ0n) is 18.0. The maximum Gasteiger partial charge on any atom is 0.240 e. The van der Waals surface area contributed by atoms with E-state index in [0.717, 1.165) is 22.4 Å². The Morgan fingerprint density at radius 3 is 2.70 bits per heavy atom. The molecule has 4 aromatic rings. The van der Waals surface area contributed by atoms with E-state index in [1.807, 2.05) is 36.5 Å². The average molecular weight is 442 g/mol. The number of hydrogen-bond donors (Lipinski definition) is 2. The summed E-state index contributed by atoms with van der Waals surface area (Å²) in [4.78, 5) is 4.59. The summed E-state index contributed by atoms with van der Waals surface area (Å²) in [6.45, 7) is 0.264. The van der Waals surface area contributed by atoms with Gasteiger partial charge >= 0.3 is 0 Å². The Kier molecular flexibility index (Phi) is 4.41. The highest BCUT2D eigenvalue weighted by molar-refractivity contribution is 6.05. The number of nitrogens with zero attached hydrogens (tertiary/aromatic N) is 5. The molecule has 3 heterocycles. The van der Waals surface area contributed by atoms with Crippen LogP contribution in [0.15, 0.2) is 54.4 Å². The highest BCUT2D eigenvalue weighted by atomic mass is 16.5. The second-order valence-corrected chi connectivity index (χ2v) is 8.68. The van der Waals surface area contributed by atoms with Crippen molar-refractivity contribution in [2.45, 2.75) is 24.9 Å². The van der Waals surface area contributed by atoms with Gasteiger partial charge in [0.15, 0.2) is 5.65 Å². The van der Waals surface area contributed by atoms with Gasteiger partial charge < -0.3 is 14.6 Å². The van der Waals surface area contributed by atoms with Crippen molar-refractivity contribution < 1.29 is 14.6 Å². The smallest absolute Gasteiger partial charge is 0.240 e. The lowest BCUT2D eigenvalue weighted by atomic mass is 10.1. The molecule has 2 saturated carbocycles. The molecule has 1 aromatic carbocycles. The predicted molar refractivity (Wildman–Crippen MR) is 121 cm³/mol. The van der Waals surface area contributed by atoms with Crippen LogP contribution in [0.1, 0.15) is 29.9 Å². The van der Waals surface area contributed by atoms with Gasteiger partial charge in [0.05, 0.1) is 5.69 Å². The number of hydrogen-bond acceptors (Lipinski definition) is 8. The van der Waals surface area contributed by atoms with Crippen LogP contribution in [0.5, 0.6) is 5.88 Å². The quantitative estimate of drug-likeness (QED) is 0.317. The summed E-state index contributed by atoms with van der Waals surface area (Å²) in [5.41, 5.74) is 3.06. The Morgan fingerprint density at radius 1 is 1.21 bits per heavy atom. The number of aliphatic hydroxyl groups excluding tert-OH is 1. The number of rotatable bonds is 8. The lowest BCUT2D eigenvalue weighted by Crippen LogP contribution is -2.09. The average Bonchev–Trinajstić information content (AvgIpc) is 3.66. The molecule has 3 aromatic heterocycles. The number of aliphatic hydroxyl groups is 1. The Hall–Kier alpha value is -3.85. The Labute approximate surface area is 189 Å². The third-order valence-electron chi connectivity index (χ3n) is 6.51. The van der Waals surface area contributed by atoms with E-state index in [9.17, 15) is 5.11 Å². The first-order chi connectivity index (χ1) is 16.1. The van der Waals surface area contributed by atoms with Crippen LogP contribution < -0.4 is 4.74 Å². The van der Waals surface area contributed by atoms with Crippen molar-refractivity contribution in [1.82, 2.24) is 24.8 Å². The maximum atomic E-state index is 9.89. The monoisotopic (exact) mass is 442 g/mol. The van der Waals surface area contributed by atoms with Crippen LogP contribution in [0.4, 0.5) is 0 Å². The summed E-state index contributed by atoms with van der Waals surface area (Å²) >= 11 is 0. The van der Waals surface area contributed by atoms with E-state index in [4.69, 9.17) is 14.9 Å². The number of allylic oxidation sites excluding steroid dienone is 1. The summed E-state index contributed by atoms with van der Waals surface area (Å²) < 4.78 is 12.4. The van der Waals surface area contributed by atoms with Crippen molar-refractivity contribution in [2.24, 2.45) is 5.92 Å². The van der Waals surface area contributed by atoms with E-state index in [1.54, 1.807) is 0 Å². The minimum atomic E-state index is -0.0886. The van der Waals surface area contributed by atoms with Crippen molar-refractivity contribution in [3.63, 3.8) is 0 Å². The fourth-order valence-electron chi connectivity index (χ4n) is 4.37. The number of benzene rings is 1. The van der Waals surface area contributed by atoms with Gasteiger partial charge in [-0.25, -0.2) is 0 Å². The van der Waals surface area contributed by atoms with E-state index < -0.39 is 0 Å². The van der Waals surface area contributed by atoms with E-state index in [0.29, 0.717) is 16.9 Å². The molecule has 2 aliphatic carbocycles. The van der Waals surface area contributed by atoms with Gasteiger partial charge in [-0.3, -0.25) is 10.4 Å². The molecule has 0 amide bonds. The highest BCUT2D eigenvalue weighted by Gasteiger charge is 2.70. The number of methoxy groups -OCH3 is 1. The molecule has 0 aliphatic heterocycles. The molecule has 9 nitrogen and oxygen atoms in total. The van der Waals surface area contributed by atoms with Gasteiger partial charge in [-0.15, -0.1) is 15.3 Å². The van der Waals surface area contributed by atoms with Gasteiger partial charge in [-0.1, -0.05) is 24.3 Å². The number of aromatic nitrogens is 5. The molecular formula is C24H22N6O3. The zero-order chi connectivity index (χ0) is 22.6. The predicted octanol–water partition coefficient (Wildman–Crippen LogP) is 3.37. The Morgan fingerprint density at radius 2 is 2.00 bits per heavy atom. The molecule has 0 atom stereocenters. The molecule has 0 bridgehead atoms. The second kappa shape index (κ2) is 7.35. The first kappa shape index (κ1) is 19.8. The second-order valence-electron chi connectivity index (χ2n) is 8.68. The molecule has 33 heavy (non-hydrogen) atoms. The molecule has 2 N–H and O–H groups in total. The van der Waals surface area contributed by atoms with Crippen molar-refractivity contribution in [3.8, 4) is 5.88 Å². The van der Waals surface area contributed by atoms with Crippen LogP contribution in [-0.4, -0.2) is 49.3 Å². The molecule has 166 valence electrons. The van der Waals surface area contributed by atoms with E-state index >= 15 is 0 Å². The molecule has 0 saturated heterocycles. The minimum absolute atomic E-state index is 0.00258. The van der Waals surface area contributed by atoms with Crippen LogP contribution >= 0.6 is 0 Å². The zero-order valence-corrected chi connectivity index (χ0v) is 18.0. The SMILES string of the molecule is COC/C(O)=C/C(=N)c1nnc2c3ccccc3c(OCc3ccc(C45CC4C5)cn3)nn12. The first-order valence-corrected chi connectivity index (χ1v) is 10.8. The normalized spacial score (nSPS) is 21.2. The fraction of sp³-hybridized carbons (Fsp3) is 0.292. The molecule has 9 heteroatoms. The van der Waals surface area contributed by atoms with Gasteiger partial charge in [0.1, 0.15) is 24.7 Å². The maximum absolute atomic E-state index is 9.89. The molecule has 2 fully saturated rings. The van der Waals surface area contributed by atoms with Gasteiger partial charge in [-0.05, 0) is 36.5 Å². The van der Waals surface area contributed by atoms with Crippen LogP contribution in [0.3, 0.4) is 0 Å². The molecule has 0 unspecified atom stereocenters. The third kappa shape index (κ3) is 3.32. The van der Waals surface area contributed by atoms with Crippen molar-refractivity contribution >= 4 is 22.1 Å². The van der Waals surface area contributed by atoms with Gasteiger partial charge in [0, 0.05) is 35.6 Å². The number of pyridine rings is 1. The van der Waals surface area contributed by atoms with Crippen LogP contribution in [0.25, 0.3) is 16.4 Å². The summed E-state index contributed by atoms with van der Waals surface area (Å²) in [5, 5.41) is 32.7. The number of fused-ring (bicyclic) bond motifs is 4. The minimum Gasteiger partial charge on any atom is -0.510 e. The lowest BCUT2D eigenvalue weighted by molar-refractivity contribution is 0.183. The van der Waals surface area contributed by atoms with Crippen molar-refractivity contribution in [3.05, 3.63) is 71.5 Å². The lowest BCUT2D eigenvalue weighted by Gasteiger charge is -2.10. The topological polar surface area (TPSA) is 119 Å². The van der Waals surface area contributed by atoms with Crippen LogP contribution in [-0.2, 0) is 16.8 Å². The summed E-state index contributed by atoms with van der Waals surface area (Å²) in [6, 6.07) is 11.8. The summed E-state index contributed by atoms with van der Waals surface area (Å²) in [6.07, 6.45) is 5.84. The van der Waals surface area contributed by atoms with Crippen molar-refractivity contribution in [1.29, 1.82) is 5.41 Å². The third-order valence-corrected chi connectivity index (χ3v) is 6.51. The summed E-state index contributed by atoms with van der Waals surface area (Å²) in [5.74, 6) is 1.38. The Bertz CT molecular complexity index is 1420. The molecule has 2 aliphatic rings. The molecule has 0 radical (unpaired) electrons. The highest BCUT2D eigenvalue weighted by Crippen LogP contribution is 2.75. The van der Waals surface area contributed by atoms with Gasteiger partial charge in [-0.2, -0.15) is 4.52 Å². The molecular weight excluding hydrogens is 420 g/mol. The largest absolute Gasteiger partial charge is 0.510 e.